The molecule has 0 unspecified atom stereocenters. The number of hydrogen-bond donors (Lipinski definition) is 0. The van der Waals surface area contributed by atoms with Gasteiger partial charge in [-0.25, -0.2) is 8.78 Å². The number of anilines is 1. The molecule has 0 aliphatic rings. The largest absolute Gasteiger partial charge is 0.301 e. The smallest absolute Gasteiger partial charge is 0.278 e. The number of hydrogen-bond acceptors (Lipinski definition) is 2. The van der Waals surface area contributed by atoms with Gasteiger partial charge in [0.15, 0.2) is 5.69 Å². The number of amides is 1. The lowest BCUT2D eigenvalue weighted by Gasteiger charge is -2.21. The summed E-state index contributed by atoms with van der Waals surface area (Å²) in [5, 5.41) is 4.41. The van der Waals surface area contributed by atoms with Gasteiger partial charge in [-0.3, -0.25) is 9.48 Å². The van der Waals surface area contributed by atoms with E-state index in [1.165, 1.54) is 10.7 Å². The maximum Gasteiger partial charge on any atom is 0.278 e. The quantitative estimate of drug-likeness (QED) is 0.868. The van der Waals surface area contributed by atoms with Crippen molar-refractivity contribution in [3.8, 4) is 0 Å². The highest BCUT2D eigenvalue weighted by molar-refractivity contribution is 6.31. The molecule has 0 fully saturated rings. The Balaban J connectivity index is 2.38. The molecule has 1 aromatic carbocycles. The molecule has 0 atom stereocenters. The van der Waals surface area contributed by atoms with E-state index in [-0.39, 0.29) is 5.69 Å². The fourth-order valence-corrected chi connectivity index (χ4v) is 2.08. The summed E-state index contributed by atoms with van der Waals surface area (Å²) in [6.07, 6.45) is -2.65. The third-order valence-corrected chi connectivity index (χ3v) is 3.25. The molecule has 4 nitrogen and oxygen atoms in total. The van der Waals surface area contributed by atoms with Crippen molar-refractivity contribution in [1.82, 2.24) is 9.78 Å². The molecule has 112 valence electrons. The van der Waals surface area contributed by atoms with Crippen molar-refractivity contribution in [2.75, 3.05) is 11.4 Å². The van der Waals surface area contributed by atoms with Gasteiger partial charge in [0.2, 0.25) is 0 Å². The van der Waals surface area contributed by atoms with E-state index >= 15 is 0 Å². The van der Waals surface area contributed by atoms with Crippen LogP contribution in [0.5, 0.6) is 0 Å². The lowest BCUT2D eigenvalue weighted by Crippen LogP contribution is -2.35. The van der Waals surface area contributed by atoms with E-state index in [2.05, 4.69) is 5.10 Å². The molecule has 0 radical (unpaired) electrons. The third kappa shape index (κ3) is 3.58. The van der Waals surface area contributed by atoms with Crippen molar-refractivity contribution >= 4 is 23.2 Å². The fraction of sp³-hybridized carbons (Fsp3) is 0.286. The van der Waals surface area contributed by atoms with Crippen LogP contribution in [-0.2, 0) is 7.05 Å². The van der Waals surface area contributed by atoms with Gasteiger partial charge in [-0.1, -0.05) is 17.7 Å². The van der Waals surface area contributed by atoms with Crippen molar-refractivity contribution < 1.29 is 13.6 Å². The molecule has 0 bridgehead atoms. The number of rotatable bonds is 4. The lowest BCUT2D eigenvalue weighted by molar-refractivity contribution is 0.0940. The Morgan fingerprint density at radius 1 is 1.43 bits per heavy atom. The van der Waals surface area contributed by atoms with Crippen molar-refractivity contribution in [3.63, 3.8) is 0 Å². The van der Waals surface area contributed by atoms with E-state index in [0.29, 0.717) is 10.7 Å². The Labute approximate surface area is 125 Å². The number of benzene rings is 1. The highest BCUT2D eigenvalue weighted by atomic mass is 35.5. The molecule has 0 saturated carbocycles. The minimum atomic E-state index is -2.65. The van der Waals surface area contributed by atoms with Crippen molar-refractivity contribution in [3.05, 3.63) is 46.7 Å². The van der Waals surface area contributed by atoms with Crippen molar-refractivity contribution in [2.45, 2.75) is 13.3 Å². The Kier molecular flexibility index (Phi) is 4.57. The molecule has 0 aliphatic carbocycles. The number of aryl methyl sites for hydroxylation is 2. The highest BCUT2D eigenvalue weighted by Crippen LogP contribution is 2.22. The first-order valence-electron chi connectivity index (χ1n) is 6.24. The second kappa shape index (κ2) is 6.22. The number of alkyl halides is 2. The molecule has 21 heavy (non-hydrogen) atoms. The topological polar surface area (TPSA) is 38.1 Å². The predicted molar refractivity (Wildman–Crippen MR) is 77.1 cm³/mol. The van der Waals surface area contributed by atoms with Gasteiger partial charge < -0.3 is 4.90 Å². The second-order valence-corrected chi connectivity index (χ2v) is 5.02. The normalized spacial score (nSPS) is 11.0. The Morgan fingerprint density at radius 2 is 2.14 bits per heavy atom. The molecule has 0 spiro atoms. The third-order valence-electron chi connectivity index (χ3n) is 3.02. The van der Waals surface area contributed by atoms with Crippen LogP contribution in [0.15, 0.2) is 30.3 Å². The first kappa shape index (κ1) is 15.4. The van der Waals surface area contributed by atoms with Crippen LogP contribution in [0.3, 0.4) is 0 Å². The van der Waals surface area contributed by atoms with Gasteiger partial charge in [-0.15, -0.1) is 0 Å². The molecule has 1 heterocycles. The average molecular weight is 314 g/mol. The second-order valence-electron chi connectivity index (χ2n) is 4.58. The molecule has 0 aliphatic heterocycles. The number of halogens is 3. The van der Waals surface area contributed by atoms with Crippen LogP contribution in [0.25, 0.3) is 0 Å². The Bertz CT molecular complexity index is 638. The van der Waals surface area contributed by atoms with Crippen LogP contribution < -0.4 is 4.90 Å². The summed E-state index contributed by atoms with van der Waals surface area (Å²) >= 11 is 5.86. The Morgan fingerprint density at radius 3 is 2.67 bits per heavy atom. The average Bonchev–Trinajstić information content (AvgIpc) is 2.75. The van der Waals surface area contributed by atoms with E-state index in [9.17, 15) is 13.6 Å². The standard InChI is InChI=1S/C14H14ClF2N3O/c1-9-6-12(18-19(9)2)14(21)20(8-13(16)17)11-5-3-4-10(15)7-11/h3-7,13H,8H2,1-2H3. The fourth-order valence-electron chi connectivity index (χ4n) is 1.89. The first-order valence-corrected chi connectivity index (χ1v) is 6.62. The summed E-state index contributed by atoms with van der Waals surface area (Å²) in [5.41, 5.74) is 1.20. The number of aromatic nitrogens is 2. The molecular weight excluding hydrogens is 300 g/mol. The summed E-state index contributed by atoms with van der Waals surface area (Å²) in [6.45, 7) is 1.06. The van der Waals surface area contributed by atoms with Crippen LogP contribution in [0, 0.1) is 6.92 Å². The van der Waals surface area contributed by atoms with Gasteiger partial charge in [-0.2, -0.15) is 5.10 Å². The van der Waals surface area contributed by atoms with E-state index < -0.39 is 18.9 Å². The van der Waals surface area contributed by atoms with Gasteiger partial charge in [0, 0.05) is 23.5 Å². The van der Waals surface area contributed by atoms with Crippen LogP contribution >= 0.6 is 11.6 Å². The minimum Gasteiger partial charge on any atom is -0.301 e. The zero-order valence-electron chi connectivity index (χ0n) is 11.6. The van der Waals surface area contributed by atoms with Crippen molar-refractivity contribution in [2.24, 2.45) is 7.05 Å². The monoisotopic (exact) mass is 313 g/mol. The summed E-state index contributed by atoms with van der Waals surface area (Å²) in [5.74, 6) is -0.582. The predicted octanol–water partition coefficient (Wildman–Crippen LogP) is 3.29. The number of carbonyl (C=O) groups is 1. The van der Waals surface area contributed by atoms with Gasteiger partial charge in [0.1, 0.15) is 0 Å². The van der Waals surface area contributed by atoms with E-state index in [4.69, 9.17) is 11.6 Å². The zero-order chi connectivity index (χ0) is 15.6. The van der Waals surface area contributed by atoms with Crippen molar-refractivity contribution in [1.29, 1.82) is 0 Å². The van der Waals surface area contributed by atoms with Crippen LogP contribution in [-0.4, -0.2) is 28.7 Å². The molecule has 0 saturated heterocycles. The lowest BCUT2D eigenvalue weighted by atomic mass is 10.2. The molecule has 2 aromatic rings. The summed E-state index contributed by atoms with van der Waals surface area (Å²) < 4.78 is 27.1. The van der Waals surface area contributed by atoms with Gasteiger partial charge in [0.05, 0.1) is 6.54 Å². The van der Waals surface area contributed by atoms with E-state index in [0.717, 1.165) is 10.6 Å². The molecule has 7 heteroatoms. The summed E-state index contributed by atoms with van der Waals surface area (Å²) in [4.78, 5) is 13.4. The maximum absolute atomic E-state index is 12.8. The van der Waals surface area contributed by atoms with E-state index in [1.54, 1.807) is 38.2 Å². The highest BCUT2D eigenvalue weighted by Gasteiger charge is 2.24. The Hall–Kier alpha value is -1.95. The SMILES string of the molecule is Cc1cc(C(=O)N(CC(F)F)c2cccc(Cl)c2)nn1C. The van der Waals surface area contributed by atoms with Crippen LogP contribution in [0.1, 0.15) is 16.2 Å². The zero-order valence-corrected chi connectivity index (χ0v) is 12.3. The van der Waals surface area contributed by atoms with Crippen LogP contribution in [0.2, 0.25) is 5.02 Å². The van der Waals surface area contributed by atoms with Gasteiger partial charge in [0.25, 0.3) is 12.3 Å². The summed E-state index contributed by atoms with van der Waals surface area (Å²) in [6, 6.07) is 7.80. The minimum absolute atomic E-state index is 0.121. The molecule has 1 aromatic heterocycles. The molecule has 1 amide bonds. The molecule has 0 N–H and O–H groups in total. The number of carbonyl (C=O) groups excluding carboxylic acids is 1. The maximum atomic E-state index is 12.8. The van der Waals surface area contributed by atoms with Gasteiger partial charge >= 0.3 is 0 Å². The van der Waals surface area contributed by atoms with Gasteiger partial charge in [-0.05, 0) is 31.2 Å². The first-order chi connectivity index (χ1) is 9.88. The van der Waals surface area contributed by atoms with E-state index in [1.807, 2.05) is 0 Å². The van der Waals surface area contributed by atoms with Crippen LogP contribution in [0.4, 0.5) is 14.5 Å². The molecule has 2 rings (SSSR count). The molecular formula is C14H14ClF2N3O. The summed E-state index contributed by atoms with van der Waals surface area (Å²) in [7, 11) is 1.68. The number of nitrogens with zero attached hydrogens (tertiary/aromatic N) is 3.